The second kappa shape index (κ2) is 6.40. The second-order valence-corrected chi connectivity index (χ2v) is 5.80. The molecule has 1 aliphatic rings. The second-order valence-electron chi connectivity index (χ2n) is 5.80. The number of rotatable bonds is 6. The zero-order valence-corrected chi connectivity index (χ0v) is 12.2. The van der Waals surface area contributed by atoms with Crippen molar-refractivity contribution < 1.29 is 9.47 Å². The van der Waals surface area contributed by atoms with Gasteiger partial charge >= 0.3 is 0 Å². The summed E-state index contributed by atoms with van der Waals surface area (Å²) in [6, 6.07) is 8.19. The Labute approximate surface area is 116 Å². The standard InChI is InChI=1S/C16H25NO2/c1-16(2)10-8-14(19-16)12-17-11-9-13-6-4-5-7-15(13)18-3/h4-7,14,17H,8-12H2,1-3H3. The zero-order valence-electron chi connectivity index (χ0n) is 12.2. The molecule has 1 N–H and O–H groups in total. The average Bonchev–Trinajstić information content (AvgIpc) is 2.75. The van der Waals surface area contributed by atoms with Gasteiger partial charge in [0.25, 0.3) is 0 Å². The maximum Gasteiger partial charge on any atom is 0.122 e. The van der Waals surface area contributed by atoms with Crippen molar-refractivity contribution in [3.8, 4) is 5.75 Å². The highest BCUT2D eigenvalue weighted by atomic mass is 16.5. The number of para-hydroxylation sites is 1. The number of nitrogens with one attached hydrogen (secondary N) is 1. The number of hydrogen-bond acceptors (Lipinski definition) is 3. The molecule has 1 saturated heterocycles. The number of ether oxygens (including phenoxy) is 2. The van der Waals surface area contributed by atoms with Crippen LogP contribution in [-0.4, -0.2) is 31.9 Å². The number of benzene rings is 1. The first kappa shape index (κ1) is 14.4. The van der Waals surface area contributed by atoms with E-state index in [2.05, 4.69) is 31.3 Å². The maximum atomic E-state index is 5.96. The SMILES string of the molecule is COc1ccccc1CCNCC1CCC(C)(C)O1. The Morgan fingerprint density at radius 1 is 1.37 bits per heavy atom. The molecule has 0 bridgehead atoms. The van der Waals surface area contributed by atoms with E-state index in [9.17, 15) is 0 Å². The molecule has 3 nitrogen and oxygen atoms in total. The molecule has 2 rings (SSSR count). The topological polar surface area (TPSA) is 30.5 Å². The lowest BCUT2D eigenvalue weighted by Gasteiger charge is -2.19. The molecule has 1 aliphatic heterocycles. The van der Waals surface area contributed by atoms with Crippen LogP contribution in [-0.2, 0) is 11.2 Å². The van der Waals surface area contributed by atoms with Gasteiger partial charge in [-0.2, -0.15) is 0 Å². The van der Waals surface area contributed by atoms with Crippen molar-refractivity contribution in [2.45, 2.75) is 44.8 Å². The molecule has 1 aromatic carbocycles. The van der Waals surface area contributed by atoms with Gasteiger partial charge in [-0.1, -0.05) is 18.2 Å². The van der Waals surface area contributed by atoms with Crippen molar-refractivity contribution in [2.75, 3.05) is 20.2 Å². The summed E-state index contributed by atoms with van der Waals surface area (Å²) in [4.78, 5) is 0. The minimum absolute atomic E-state index is 0.0645. The van der Waals surface area contributed by atoms with Gasteiger partial charge in [-0.25, -0.2) is 0 Å². The molecule has 1 fully saturated rings. The molecule has 19 heavy (non-hydrogen) atoms. The fraction of sp³-hybridized carbons (Fsp3) is 0.625. The summed E-state index contributed by atoms with van der Waals surface area (Å²) in [6.07, 6.45) is 3.67. The quantitative estimate of drug-likeness (QED) is 0.801. The van der Waals surface area contributed by atoms with Crippen molar-refractivity contribution in [3.63, 3.8) is 0 Å². The minimum Gasteiger partial charge on any atom is -0.496 e. The van der Waals surface area contributed by atoms with Crippen molar-refractivity contribution in [3.05, 3.63) is 29.8 Å². The van der Waals surface area contributed by atoms with E-state index < -0.39 is 0 Å². The van der Waals surface area contributed by atoms with Crippen LogP contribution in [0.4, 0.5) is 0 Å². The van der Waals surface area contributed by atoms with Crippen LogP contribution in [0.2, 0.25) is 0 Å². The molecule has 1 unspecified atom stereocenters. The summed E-state index contributed by atoms with van der Waals surface area (Å²) in [7, 11) is 1.72. The van der Waals surface area contributed by atoms with Crippen LogP contribution in [0.5, 0.6) is 5.75 Å². The van der Waals surface area contributed by atoms with Crippen molar-refractivity contribution in [2.24, 2.45) is 0 Å². The van der Waals surface area contributed by atoms with E-state index in [4.69, 9.17) is 9.47 Å². The molecule has 106 valence electrons. The van der Waals surface area contributed by atoms with Gasteiger partial charge in [0.1, 0.15) is 5.75 Å². The van der Waals surface area contributed by atoms with Gasteiger partial charge in [-0.3, -0.25) is 0 Å². The Hall–Kier alpha value is -1.06. The summed E-state index contributed by atoms with van der Waals surface area (Å²) >= 11 is 0. The molecule has 1 atom stereocenters. The molecule has 3 heteroatoms. The molecule has 1 aromatic rings. The van der Waals surface area contributed by atoms with Crippen LogP contribution < -0.4 is 10.1 Å². The Bertz CT molecular complexity index is 403. The third kappa shape index (κ3) is 4.22. The highest BCUT2D eigenvalue weighted by molar-refractivity contribution is 5.33. The van der Waals surface area contributed by atoms with Gasteiger partial charge in [-0.15, -0.1) is 0 Å². The fourth-order valence-electron chi connectivity index (χ4n) is 2.62. The van der Waals surface area contributed by atoms with Crippen LogP contribution in [0.1, 0.15) is 32.3 Å². The van der Waals surface area contributed by atoms with E-state index in [1.165, 1.54) is 5.56 Å². The lowest BCUT2D eigenvalue weighted by molar-refractivity contribution is -0.0140. The molecule has 0 saturated carbocycles. The first-order chi connectivity index (χ1) is 9.11. The normalized spacial score (nSPS) is 21.5. The molecule has 0 spiro atoms. The van der Waals surface area contributed by atoms with Crippen LogP contribution in [0, 0.1) is 0 Å². The van der Waals surface area contributed by atoms with E-state index in [0.29, 0.717) is 6.10 Å². The number of methoxy groups -OCH3 is 1. The Kier molecular flexibility index (Phi) is 4.83. The lowest BCUT2D eigenvalue weighted by atomic mass is 10.1. The molecular weight excluding hydrogens is 238 g/mol. The Morgan fingerprint density at radius 2 is 2.16 bits per heavy atom. The summed E-state index contributed by atoms with van der Waals surface area (Å²) in [5.74, 6) is 0.975. The van der Waals surface area contributed by atoms with E-state index in [-0.39, 0.29) is 5.60 Å². The van der Waals surface area contributed by atoms with E-state index in [1.54, 1.807) is 7.11 Å². The van der Waals surface area contributed by atoms with Crippen molar-refractivity contribution >= 4 is 0 Å². The smallest absolute Gasteiger partial charge is 0.122 e. The van der Waals surface area contributed by atoms with Gasteiger partial charge < -0.3 is 14.8 Å². The molecule has 0 aromatic heterocycles. The highest BCUT2D eigenvalue weighted by Gasteiger charge is 2.30. The van der Waals surface area contributed by atoms with Crippen molar-refractivity contribution in [1.29, 1.82) is 0 Å². The third-order valence-corrected chi connectivity index (χ3v) is 3.69. The van der Waals surface area contributed by atoms with Gasteiger partial charge in [0, 0.05) is 6.54 Å². The maximum absolute atomic E-state index is 5.96. The van der Waals surface area contributed by atoms with Gasteiger partial charge in [0.05, 0.1) is 18.8 Å². The van der Waals surface area contributed by atoms with Gasteiger partial charge in [0.2, 0.25) is 0 Å². The first-order valence-corrected chi connectivity index (χ1v) is 7.11. The Balaban J connectivity index is 1.70. The Morgan fingerprint density at radius 3 is 2.84 bits per heavy atom. The largest absolute Gasteiger partial charge is 0.496 e. The monoisotopic (exact) mass is 263 g/mol. The van der Waals surface area contributed by atoms with Crippen LogP contribution in [0.3, 0.4) is 0 Å². The third-order valence-electron chi connectivity index (χ3n) is 3.69. The summed E-state index contributed by atoms with van der Waals surface area (Å²) in [5.41, 5.74) is 1.32. The van der Waals surface area contributed by atoms with Gasteiger partial charge in [-0.05, 0) is 51.3 Å². The minimum atomic E-state index is 0.0645. The van der Waals surface area contributed by atoms with E-state index in [0.717, 1.165) is 38.1 Å². The number of hydrogen-bond donors (Lipinski definition) is 1. The summed E-state index contributed by atoms with van der Waals surface area (Å²) in [5, 5.41) is 3.48. The van der Waals surface area contributed by atoms with Gasteiger partial charge in [0.15, 0.2) is 0 Å². The summed E-state index contributed by atoms with van der Waals surface area (Å²) < 4.78 is 11.3. The lowest BCUT2D eigenvalue weighted by Crippen LogP contribution is -2.30. The van der Waals surface area contributed by atoms with Crippen LogP contribution >= 0.6 is 0 Å². The van der Waals surface area contributed by atoms with Crippen molar-refractivity contribution in [1.82, 2.24) is 5.32 Å². The fourth-order valence-corrected chi connectivity index (χ4v) is 2.62. The van der Waals surface area contributed by atoms with Crippen LogP contribution in [0.15, 0.2) is 24.3 Å². The average molecular weight is 263 g/mol. The van der Waals surface area contributed by atoms with Crippen LogP contribution in [0.25, 0.3) is 0 Å². The predicted molar refractivity (Wildman–Crippen MR) is 77.8 cm³/mol. The highest BCUT2D eigenvalue weighted by Crippen LogP contribution is 2.28. The molecule has 0 amide bonds. The molecule has 0 radical (unpaired) electrons. The summed E-state index contributed by atoms with van der Waals surface area (Å²) in [6.45, 7) is 6.24. The van der Waals surface area contributed by atoms with E-state index in [1.807, 2.05) is 12.1 Å². The predicted octanol–water partition coefficient (Wildman–Crippen LogP) is 2.78. The zero-order chi connectivity index (χ0) is 13.7. The molecule has 0 aliphatic carbocycles. The molecular formula is C16H25NO2. The van der Waals surface area contributed by atoms with E-state index >= 15 is 0 Å². The first-order valence-electron chi connectivity index (χ1n) is 7.11. The molecule has 1 heterocycles.